The van der Waals surface area contributed by atoms with Crippen molar-refractivity contribution in [2.24, 2.45) is 5.73 Å². The molecule has 2 heterocycles. The second kappa shape index (κ2) is 15.0. The molecule has 0 spiro atoms. The molecule has 1 unspecified atom stereocenters. The molecule has 1 fully saturated rings. The first-order valence-corrected chi connectivity index (χ1v) is 15.4. The van der Waals surface area contributed by atoms with E-state index in [1.54, 1.807) is 24.3 Å². The second-order valence-electron chi connectivity index (χ2n) is 10.4. The van der Waals surface area contributed by atoms with E-state index in [0.717, 1.165) is 40.6 Å². The van der Waals surface area contributed by atoms with Crippen LogP contribution < -0.4 is 11.1 Å². The molecule has 3 atom stereocenters. The lowest BCUT2D eigenvalue weighted by Gasteiger charge is -2.32. The van der Waals surface area contributed by atoms with Crippen molar-refractivity contribution in [3.63, 3.8) is 0 Å². The van der Waals surface area contributed by atoms with E-state index in [0.29, 0.717) is 32.5 Å². The van der Waals surface area contributed by atoms with Crippen LogP contribution in [-0.2, 0) is 32.1 Å². The van der Waals surface area contributed by atoms with Gasteiger partial charge < -0.3 is 25.7 Å². The van der Waals surface area contributed by atoms with E-state index in [4.69, 9.17) is 10.5 Å². The minimum Gasteiger partial charge on any atom is -0.467 e. The number of benzene rings is 2. The fraction of sp³-hybridized carbons (Fsp3) is 0.467. The summed E-state index contributed by atoms with van der Waals surface area (Å²) in [5, 5.41) is 5.12. The minimum atomic E-state index is -0.705. The number of H-pyrrole nitrogens is 1. The van der Waals surface area contributed by atoms with Gasteiger partial charge in [-0.3, -0.25) is 14.5 Å². The number of nitrogens with zero attached hydrogens (tertiary/aromatic N) is 3. The van der Waals surface area contributed by atoms with Gasteiger partial charge in [-0.1, -0.05) is 42.5 Å². The standard InChI is InChI=1S/C30H40N6O4S/c1-40-30(39)27(12-14-41-2)34-28(37)19-35(17-22-9-5-8-21-7-3-4-11-25(21)22)18-24-10-6-13-36(24)29(38)26(31)15-23-16-32-20-33-23/h3-5,7-9,11,16,20,24,26-27H,6,10,12-15,17-19,31H2,1-2H3,(H,32,33)(H,34,37)/t24-,26-,27?/m0/s1. The van der Waals surface area contributed by atoms with Crippen molar-refractivity contribution in [2.45, 2.75) is 50.4 Å². The molecular weight excluding hydrogens is 540 g/mol. The number of hydrogen-bond acceptors (Lipinski definition) is 8. The Labute approximate surface area is 245 Å². The summed E-state index contributed by atoms with van der Waals surface area (Å²) in [6.07, 6.45) is 7.83. The molecule has 2 aromatic carbocycles. The maximum absolute atomic E-state index is 13.4. The molecule has 1 saturated heterocycles. The SMILES string of the molecule is COC(=O)C(CCSC)NC(=O)CN(Cc1cccc2ccccc12)C[C@@H]1CCCN1C(=O)[C@@H](N)Cc1c[nH]cn1. The summed E-state index contributed by atoms with van der Waals surface area (Å²) in [4.78, 5) is 50.0. The molecule has 220 valence electrons. The molecule has 2 amide bonds. The molecule has 0 saturated carbocycles. The zero-order valence-electron chi connectivity index (χ0n) is 23.8. The normalized spacial score (nSPS) is 16.6. The summed E-state index contributed by atoms with van der Waals surface area (Å²) in [5.74, 6) is -0.0931. The maximum Gasteiger partial charge on any atom is 0.328 e. The third-order valence-corrected chi connectivity index (χ3v) is 8.15. The topological polar surface area (TPSA) is 134 Å². The molecule has 1 aliphatic heterocycles. The first-order valence-electron chi connectivity index (χ1n) is 14.0. The number of methoxy groups -OCH3 is 1. The smallest absolute Gasteiger partial charge is 0.328 e. The van der Waals surface area contributed by atoms with E-state index in [1.807, 2.05) is 29.4 Å². The van der Waals surface area contributed by atoms with Crippen molar-refractivity contribution in [1.29, 1.82) is 0 Å². The summed E-state index contributed by atoms with van der Waals surface area (Å²) in [6, 6.07) is 12.9. The van der Waals surface area contributed by atoms with Gasteiger partial charge in [0.25, 0.3) is 0 Å². The third kappa shape index (κ3) is 8.31. The first-order chi connectivity index (χ1) is 19.9. The Morgan fingerprint density at radius 3 is 2.80 bits per heavy atom. The van der Waals surface area contributed by atoms with Gasteiger partial charge in [0.1, 0.15) is 6.04 Å². The van der Waals surface area contributed by atoms with Crippen LogP contribution in [0.25, 0.3) is 10.8 Å². The van der Waals surface area contributed by atoms with Crippen molar-refractivity contribution in [1.82, 2.24) is 25.1 Å². The summed E-state index contributed by atoms with van der Waals surface area (Å²) in [5.41, 5.74) is 8.15. The van der Waals surface area contributed by atoms with Crippen molar-refractivity contribution in [2.75, 3.05) is 38.8 Å². The molecule has 4 rings (SSSR count). The number of carbonyl (C=O) groups excluding carboxylic acids is 3. The Bertz CT molecular complexity index is 1300. The Balaban J connectivity index is 1.51. The van der Waals surface area contributed by atoms with E-state index < -0.39 is 18.1 Å². The monoisotopic (exact) mass is 580 g/mol. The summed E-state index contributed by atoms with van der Waals surface area (Å²) >= 11 is 1.61. The number of hydrogen-bond donors (Lipinski definition) is 3. The Morgan fingerprint density at radius 2 is 2.05 bits per heavy atom. The van der Waals surface area contributed by atoms with E-state index in [1.165, 1.54) is 7.11 Å². The molecule has 1 aromatic heterocycles. The highest BCUT2D eigenvalue weighted by molar-refractivity contribution is 7.98. The lowest BCUT2D eigenvalue weighted by Crippen LogP contribution is -2.52. The van der Waals surface area contributed by atoms with Crippen molar-refractivity contribution in [3.05, 3.63) is 66.2 Å². The van der Waals surface area contributed by atoms with Crippen LogP contribution in [0, 0.1) is 0 Å². The zero-order valence-corrected chi connectivity index (χ0v) is 24.6. The van der Waals surface area contributed by atoms with Crippen LogP contribution in [0.5, 0.6) is 0 Å². The number of ether oxygens (including phenoxy) is 1. The number of nitrogens with one attached hydrogen (secondary N) is 2. The molecule has 3 aromatic rings. The lowest BCUT2D eigenvalue weighted by atomic mass is 10.0. The number of nitrogens with two attached hydrogens (primary N) is 1. The van der Waals surface area contributed by atoms with E-state index in [-0.39, 0.29) is 24.4 Å². The second-order valence-corrected chi connectivity index (χ2v) is 11.4. The van der Waals surface area contributed by atoms with E-state index in [2.05, 4.69) is 44.5 Å². The molecule has 0 bridgehead atoms. The van der Waals surface area contributed by atoms with Crippen molar-refractivity contribution in [3.8, 4) is 0 Å². The van der Waals surface area contributed by atoms with Gasteiger partial charge in [-0.05, 0) is 47.6 Å². The Hall–Kier alpha value is -3.41. The molecular formula is C30H40N6O4S. The van der Waals surface area contributed by atoms with E-state index >= 15 is 0 Å². The largest absolute Gasteiger partial charge is 0.467 e. The number of aromatic amines is 1. The zero-order chi connectivity index (χ0) is 29.2. The van der Waals surface area contributed by atoms with Crippen LogP contribution in [0.3, 0.4) is 0 Å². The average Bonchev–Trinajstić information content (AvgIpc) is 3.67. The minimum absolute atomic E-state index is 0.0772. The van der Waals surface area contributed by atoms with Gasteiger partial charge in [0.15, 0.2) is 0 Å². The van der Waals surface area contributed by atoms with Crippen LogP contribution in [-0.4, -0.2) is 94.4 Å². The van der Waals surface area contributed by atoms with Crippen LogP contribution in [0.15, 0.2) is 55.0 Å². The summed E-state index contributed by atoms with van der Waals surface area (Å²) in [7, 11) is 1.33. The lowest BCUT2D eigenvalue weighted by molar-refractivity contribution is -0.145. The number of rotatable bonds is 14. The molecule has 4 N–H and O–H groups in total. The molecule has 11 heteroatoms. The van der Waals surface area contributed by atoms with Gasteiger partial charge in [-0.2, -0.15) is 11.8 Å². The maximum atomic E-state index is 13.4. The number of fused-ring (bicyclic) bond motifs is 1. The third-order valence-electron chi connectivity index (χ3n) is 7.50. The summed E-state index contributed by atoms with van der Waals surface area (Å²) < 4.78 is 4.93. The number of esters is 1. The quantitative estimate of drug-likeness (QED) is 0.248. The van der Waals surface area contributed by atoms with Gasteiger partial charge in [0.05, 0.1) is 31.7 Å². The highest BCUT2D eigenvalue weighted by Crippen LogP contribution is 2.23. The van der Waals surface area contributed by atoms with Crippen LogP contribution in [0.2, 0.25) is 0 Å². The predicted molar refractivity (Wildman–Crippen MR) is 161 cm³/mol. The molecule has 0 radical (unpaired) electrons. The number of carbonyl (C=O) groups is 3. The first kappa shape index (κ1) is 30.5. The molecule has 10 nitrogen and oxygen atoms in total. The number of likely N-dealkylation sites (tertiary alicyclic amines) is 1. The molecule has 1 aliphatic rings. The number of amides is 2. The Kier molecular flexibility index (Phi) is 11.2. The fourth-order valence-corrected chi connectivity index (χ4v) is 5.94. The number of aromatic nitrogens is 2. The average molecular weight is 581 g/mol. The van der Waals surface area contributed by atoms with Gasteiger partial charge in [0, 0.05) is 38.3 Å². The van der Waals surface area contributed by atoms with Crippen molar-refractivity contribution >= 4 is 40.3 Å². The predicted octanol–water partition coefficient (Wildman–Crippen LogP) is 2.34. The van der Waals surface area contributed by atoms with Crippen molar-refractivity contribution < 1.29 is 19.1 Å². The van der Waals surface area contributed by atoms with Crippen LogP contribution >= 0.6 is 11.8 Å². The Morgan fingerprint density at radius 1 is 1.24 bits per heavy atom. The summed E-state index contributed by atoms with van der Waals surface area (Å²) in [6.45, 7) is 1.73. The number of imidazole rings is 1. The van der Waals surface area contributed by atoms with Gasteiger partial charge in [-0.25, -0.2) is 9.78 Å². The molecule has 41 heavy (non-hydrogen) atoms. The van der Waals surface area contributed by atoms with Crippen LogP contribution in [0.4, 0.5) is 0 Å². The van der Waals surface area contributed by atoms with Gasteiger partial charge in [-0.15, -0.1) is 0 Å². The van der Waals surface area contributed by atoms with E-state index in [9.17, 15) is 14.4 Å². The van der Waals surface area contributed by atoms with Crippen LogP contribution in [0.1, 0.15) is 30.5 Å². The van der Waals surface area contributed by atoms with Gasteiger partial charge in [0.2, 0.25) is 11.8 Å². The fourth-order valence-electron chi connectivity index (χ4n) is 5.47. The molecule has 0 aliphatic carbocycles. The van der Waals surface area contributed by atoms with Gasteiger partial charge >= 0.3 is 5.97 Å². The highest BCUT2D eigenvalue weighted by atomic mass is 32.2. The highest BCUT2D eigenvalue weighted by Gasteiger charge is 2.34. The number of thioether (sulfide) groups is 1.